The summed E-state index contributed by atoms with van der Waals surface area (Å²) in [6, 6.07) is 9.07. The zero-order valence-corrected chi connectivity index (χ0v) is 8.54. The predicted molar refractivity (Wildman–Crippen MR) is 53.7 cm³/mol. The second kappa shape index (κ2) is 4.78. The van der Waals surface area contributed by atoms with Crippen LogP contribution in [0.2, 0.25) is 0 Å². The Morgan fingerprint density at radius 3 is 2.46 bits per heavy atom. The highest BCUT2D eigenvalue weighted by Crippen LogP contribution is 2.05. The molecule has 0 bridgehead atoms. The van der Waals surface area contributed by atoms with Crippen molar-refractivity contribution < 1.29 is 4.79 Å². The fourth-order valence-electron chi connectivity index (χ4n) is 0.972. The molecule has 3 heteroatoms. The van der Waals surface area contributed by atoms with Gasteiger partial charge in [-0.2, -0.15) is 5.26 Å². The third-order valence-corrected chi connectivity index (χ3v) is 2.26. The fraction of sp³-hybridized carbons (Fsp3) is 0.200. The number of benzene rings is 1. The molecule has 0 aliphatic rings. The first kappa shape index (κ1) is 9.94. The number of hydrogen-bond acceptors (Lipinski definition) is 2. The molecule has 0 heterocycles. The summed E-state index contributed by atoms with van der Waals surface area (Å²) in [4.78, 5) is 11.0. The highest BCUT2D eigenvalue weighted by molar-refractivity contribution is 9.09. The summed E-state index contributed by atoms with van der Waals surface area (Å²) in [6.45, 7) is 0. The molecular formula is C10H8BrNO. The van der Waals surface area contributed by atoms with Gasteiger partial charge < -0.3 is 0 Å². The zero-order valence-electron chi connectivity index (χ0n) is 6.96. The number of hydrogen-bond donors (Lipinski definition) is 0. The molecule has 0 radical (unpaired) electrons. The Balaban J connectivity index is 2.71. The summed E-state index contributed by atoms with van der Waals surface area (Å²) in [5.74, 6) is 0.143. The lowest BCUT2D eigenvalue weighted by molar-refractivity contribution is -0.115. The molecule has 66 valence electrons. The minimum Gasteiger partial charge on any atom is -0.298 e. The maximum atomic E-state index is 11.0. The number of carbonyl (C=O) groups is 1. The summed E-state index contributed by atoms with van der Waals surface area (Å²) >= 11 is 3.10. The van der Waals surface area contributed by atoms with Crippen molar-refractivity contribution >= 4 is 21.7 Å². The van der Waals surface area contributed by atoms with E-state index < -0.39 is 0 Å². The number of ketones is 1. The SMILES string of the molecule is N#Cc1ccc(CC(=O)CBr)cc1. The van der Waals surface area contributed by atoms with E-state index in [1.54, 1.807) is 24.3 Å². The van der Waals surface area contributed by atoms with Crippen molar-refractivity contribution in [2.45, 2.75) is 6.42 Å². The molecule has 0 atom stereocenters. The highest BCUT2D eigenvalue weighted by Gasteiger charge is 2.00. The standard InChI is InChI=1S/C10H8BrNO/c11-6-10(13)5-8-1-3-9(7-12)4-2-8/h1-4H,5-6H2. The normalized spacial score (nSPS) is 9.23. The molecule has 0 spiro atoms. The average Bonchev–Trinajstić information content (AvgIpc) is 2.19. The molecule has 2 nitrogen and oxygen atoms in total. The Morgan fingerprint density at radius 1 is 1.38 bits per heavy atom. The van der Waals surface area contributed by atoms with E-state index >= 15 is 0 Å². The largest absolute Gasteiger partial charge is 0.298 e. The van der Waals surface area contributed by atoms with Crippen molar-refractivity contribution in [3.05, 3.63) is 35.4 Å². The third kappa shape index (κ3) is 3.00. The van der Waals surface area contributed by atoms with Gasteiger partial charge in [-0.25, -0.2) is 0 Å². The van der Waals surface area contributed by atoms with Gasteiger partial charge in [-0.1, -0.05) is 28.1 Å². The number of carbonyl (C=O) groups excluding carboxylic acids is 1. The van der Waals surface area contributed by atoms with Crippen LogP contribution in [0.5, 0.6) is 0 Å². The quantitative estimate of drug-likeness (QED) is 0.756. The summed E-state index contributed by atoms with van der Waals surface area (Å²) in [5.41, 5.74) is 1.57. The van der Waals surface area contributed by atoms with Gasteiger partial charge in [-0.05, 0) is 17.7 Å². The van der Waals surface area contributed by atoms with Gasteiger partial charge in [0.05, 0.1) is 17.0 Å². The molecule has 0 unspecified atom stereocenters. The number of nitrogens with zero attached hydrogens (tertiary/aromatic N) is 1. The first-order valence-corrected chi connectivity index (χ1v) is 4.95. The lowest BCUT2D eigenvalue weighted by atomic mass is 10.1. The van der Waals surface area contributed by atoms with Crippen LogP contribution in [0.25, 0.3) is 0 Å². The van der Waals surface area contributed by atoms with E-state index in [0.717, 1.165) is 5.56 Å². The number of rotatable bonds is 3. The maximum absolute atomic E-state index is 11.0. The molecule has 1 aromatic carbocycles. The Hall–Kier alpha value is -1.14. The summed E-state index contributed by atoms with van der Waals surface area (Å²) in [5, 5.41) is 8.91. The van der Waals surface area contributed by atoms with Crippen LogP contribution in [0.15, 0.2) is 24.3 Å². The van der Waals surface area contributed by atoms with Crippen LogP contribution in [0, 0.1) is 11.3 Å². The maximum Gasteiger partial charge on any atom is 0.147 e. The molecule has 0 fully saturated rings. The predicted octanol–water partition coefficient (Wildman–Crippen LogP) is 2.06. The summed E-state index contributed by atoms with van der Waals surface area (Å²) in [7, 11) is 0. The molecule has 0 aromatic heterocycles. The van der Waals surface area contributed by atoms with E-state index in [0.29, 0.717) is 17.3 Å². The number of nitriles is 1. The summed E-state index contributed by atoms with van der Waals surface area (Å²) in [6.07, 6.45) is 0.428. The fourth-order valence-corrected chi connectivity index (χ4v) is 1.17. The molecule has 0 amide bonds. The Bertz CT molecular complexity index is 337. The van der Waals surface area contributed by atoms with Crippen molar-refractivity contribution in [2.24, 2.45) is 0 Å². The van der Waals surface area contributed by atoms with Crippen molar-refractivity contribution in [1.82, 2.24) is 0 Å². The first-order valence-electron chi connectivity index (χ1n) is 3.83. The molecular weight excluding hydrogens is 230 g/mol. The molecule has 1 aromatic rings. The van der Waals surface area contributed by atoms with Gasteiger partial charge >= 0.3 is 0 Å². The smallest absolute Gasteiger partial charge is 0.147 e. The van der Waals surface area contributed by atoms with E-state index in [-0.39, 0.29) is 5.78 Å². The molecule has 0 saturated heterocycles. The van der Waals surface area contributed by atoms with E-state index in [1.807, 2.05) is 6.07 Å². The minimum absolute atomic E-state index is 0.143. The van der Waals surface area contributed by atoms with Gasteiger partial charge in [0.1, 0.15) is 5.78 Å². The lowest BCUT2D eigenvalue weighted by Crippen LogP contribution is -2.02. The van der Waals surface area contributed by atoms with Crippen molar-refractivity contribution in [3.8, 4) is 6.07 Å². The Morgan fingerprint density at radius 2 is 2.00 bits per heavy atom. The minimum atomic E-state index is 0.143. The first-order chi connectivity index (χ1) is 6.26. The van der Waals surface area contributed by atoms with Gasteiger partial charge in [0.25, 0.3) is 0 Å². The van der Waals surface area contributed by atoms with Gasteiger partial charge in [0.2, 0.25) is 0 Å². The van der Waals surface area contributed by atoms with Crippen LogP contribution in [0.1, 0.15) is 11.1 Å². The number of halogens is 1. The van der Waals surface area contributed by atoms with Crippen LogP contribution >= 0.6 is 15.9 Å². The molecule has 0 N–H and O–H groups in total. The van der Waals surface area contributed by atoms with E-state index in [1.165, 1.54) is 0 Å². The van der Waals surface area contributed by atoms with Crippen molar-refractivity contribution in [1.29, 1.82) is 5.26 Å². The number of alkyl halides is 1. The molecule has 0 aliphatic heterocycles. The second-order valence-electron chi connectivity index (χ2n) is 2.66. The second-order valence-corrected chi connectivity index (χ2v) is 3.22. The summed E-state index contributed by atoms with van der Waals surface area (Å²) < 4.78 is 0. The molecule has 1 rings (SSSR count). The van der Waals surface area contributed by atoms with E-state index in [2.05, 4.69) is 15.9 Å². The third-order valence-electron chi connectivity index (χ3n) is 1.63. The van der Waals surface area contributed by atoms with E-state index in [9.17, 15) is 4.79 Å². The molecule has 0 aliphatic carbocycles. The van der Waals surface area contributed by atoms with Crippen LogP contribution in [0.4, 0.5) is 0 Å². The van der Waals surface area contributed by atoms with Gasteiger partial charge in [0.15, 0.2) is 0 Å². The van der Waals surface area contributed by atoms with Crippen LogP contribution < -0.4 is 0 Å². The van der Waals surface area contributed by atoms with E-state index in [4.69, 9.17) is 5.26 Å². The highest BCUT2D eigenvalue weighted by atomic mass is 79.9. The molecule has 13 heavy (non-hydrogen) atoms. The van der Waals surface area contributed by atoms with Crippen LogP contribution in [-0.4, -0.2) is 11.1 Å². The van der Waals surface area contributed by atoms with Gasteiger partial charge in [0, 0.05) is 6.42 Å². The monoisotopic (exact) mass is 237 g/mol. The average molecular weight is 238 g/mol. The zero-order chi connectivity index (χ0) is 9.68. The van der Waals surface area contributed by atoms with Gasteiger partial charge in [-0.3, -0.25) is 4.79 Å². The lowest BCUT2D eigenvalue weighted by Gasteiger charge is -1.97. The molecule has 0 saturated carbocycles. The van der Waals surface area contributed by atoms with Gasteiger partial charge in [-0.15, -0.1) is 0 Å². The van der Waals surface area contributed by atoms with Crippen LogP contribution in [-0.2, 0) is 11.2 Å². The topological polar surface area (TPSA) is 40.9 Å². The van der Waals surface area contributed by atoms with Crippen LogP contribution in [0.3, 0.4) is 0 Å². The number of Topliss-reactive ketones (excluding diaryl/α,β-unsaturated/α-hetero) is 1. The Labute approximate surface area is 85.3 Å². The Kier molecular flexibility index (Phi) is 3.66. The van der Waals surface area contributed by atoms with Crippen molar-refractivity contribution in [3.63, 3.8) is 0 Å². The van der Waals surface area contributed by atoms with Crippen molar-refractivity contribution in [2.75, 3.05) is 5.33 Å².